The van der Waals surface area contributed by atoms with Crippen molar-refractivity contribution in [2.45, 2.75) is 62.9 Å². The maximum Gasteiger partial charge on any atom is 0.304 e. The second-order valence-corrected chi connectivity index (χ2v) is 13.1. The molecule has 228 valence electrons. The van der Waals surface area contributed by atoms with Crippen molar-refractivity contribution < 1.29 is 27.1 Å². The van der Waals surface area contributed by atoms with Crippen LogP contribution in [-0.2, 0) is 21.4 Å². The fourth-order valence-corrected chi connectivity index (χ4v) is 7.95. The zero-order valence-electron chi connectivity index (χ0n) is 24.0. The largest absolute Gasteiger partial charge is 0.481 e. The predicted molar refractivity (Wildman–Crippen MR) is 155 cm³/mol. The number of hydrogen-bond acceptors (Lipinski definition) is 8. The smallest absolute Gasteiger partial charge is 0.304 e. The van der Waals surface area contributed by atoms with Crippen molar-refractivity contribution >= 4 is 27.5 Å². The normalized spacial score (nSPS) is 18.5. The van der Waals surface area contributed by atoms with E-state index in [-0.39, 0.29) is 41.7 Å². The average Bonchev–Trinajstić information content (AvgIpc) is 3.63. The number of aromatic nitrogens is 4. The monoisotopic (exact) mass is 621 g/mol. The van der Waals surface area contributed by atoms with Gasteiger partial charge in [0.1, 0.15) is 16.8 Å². The van der Waals surface area contributed by atoms with Crippen LogP contribution in [0.1, 0.15) is 70.8 Å². The molecule has 0 aliphatic carbocycles. The number of alkyl halides is 2. The number of halogens is 2. The second kappa shape index (κ2) is 11.2. The Morgan fingerprint density at radius 3 is 2.73 bits per heavy atom. The second-order valence-electron chi connectivity index (χ2n) is 11.2. The summed E-state index contributed by atoms with van der Waals surface area (Å²) in [5.41, 5.74) is 3.63. The van der Waals surface area contributed by atoms with Crippen molar-refractivity contribution in [3.63, 3.8) is 0 Å². The molecule has 1 N–H and O–H groups in total. The fourth-order valence-electron chi connectivity index (χ4n) is 6.32. The third-order valence-electron chi connectivity index (χ3n) is 8.61. The highest BCUT2D eigenvalue weighted by Crippen LogP contribution is 2.38. The van der Waals surface area contributed by atoms with E-state index in [9.17, 15) is 32.4 Å². The van der Waals surface area contributed by atoms with Crippen molar-refractivity contribution in [2.24, 2.45) is 0 Å². The van der Waals surface area contributed by atoms with Gasteiger partial charge >= 0.3 is 5.97 Å². The van der Waals surface area contributed by atoms with Crippen LogP contribution in [0.25, 0.3) is 5.65 Å². The standard InChI is InChI=1S/C30H29F2N7O4S/c1-17-5-6-20(24(12-26(40)41)23-7-9-39-28(18(23)2)35-36-30(39)27(31)32)11-21(17)15-37-16-22-4-3-8-38(22)29-25(44(37,42)43)10-19(13-33)14-34-29/h5-7,9-11,14,22,24,27H,3-4,8,12,15-16H2,1-2H3,(H,40,41)/t22-,24-/m1/s1. The molecule has 5 heterocycles. The maximum absolute atomic E-state index is 14.0. The highest BCUT2D eigenvalue weighted by Gasteiger charge is 2.40. The minimum atomic E-state index is -4.04. The summed E-state index contributed by atoms with van der Waals surface area (Å²) in [6, 6.07) is 10.3. The Labute approximate surface area is 252 Å². The van der Waals surface area contributed by atoms with Crippen molar-refractivity contribution in [1.82, 2.24) is 23.9 Å². The summed E-state index contributed by atoms with van der Waals surface area (Å²) in [6.45, 7) is 4.48. The zero-order valence-corrected chi connectivity index (χ0v) is 24.8. The van der Waals surface area contributed by atoms with E-state index in [1.807, 2.05) is 30.0 Å². The Bertz CT molecular complexity index is 1940. The summed E-state index contributed by atoms with van der Waals surface area (Å²) in [7, 11) is -4.04. The van der Waals surface area contributed by atoms with Gasteiger partial charge in [0, 0.05) is 44.0 Å². The van der Waals surface area contributed by atoms with Gasteiger partial charge in [-0.2, -0.15) is 9.57 Å². The van der Waals surface area contributed by atoms with Crippen LogP contribution in [-0.4, -0.2) is 62.5 Å². The van der Waals surface area contributed by atoms with Crippen LogP contribution in [0.2, 0.25) is 0 Å². The van der Waals surface area contributed by atoms with E-state index in [4.69, 9.17) is 0 Å². The van der Waals surface area contributed by atoms with Gasteiger partial charge in [0.15, 0.2) is 5.65 Å². The lowest BCUT2D eigenvalue weighted by molar-refractivity contribution is -0.137. The molecule has 0 spiro atoms. The summed E-state index contributed by atoms with van der Waals surface area (Å²) in [5.74, 6) is -1.87. The van der Waals surface area contributed by atoms with Gasteiger partial charge in [-0.05, 0) is 66.6 Å². The molecular formula is C30H29F2N7O4S. The topological polar surface area (TPSA) is 145 Å². The van der Waals surface area contributed by atoms with Crippen LogP contribution < -0.4 is 4.90 Å². The molecule has 0 unspecified atom stereocenters. The first kappa shape index (κ1) is 29.6. The molecule has 2 aliphatic rings. The lowest BCUT2D eigenvalue weighted by Crippen LogP contribution is -2.39. The molecule has 0 radical (unpaired) electrons. The number of carboxylic acids is 1. The van der Waals surface area contributed by atoms with Gasteiger partial charge in [0.25, 0.3) is 6.43 Å². The van der Waals surface area contributed by atoms with E-state index in [1.54, 1.807) is 19.1 Å². The number of carbonyl (C=O) groups is 1. The van der Waals surface area contributed by atoms with E-state index in [2.05, 4.69) is 15.2 Å². The Morgan fingerprint density at radius 1 is 1.20 bits per heavy atom. The number of nitriles is 1. The highest BCUT2D eigenvalue weighted by molar-refractivity contribution is 7.89. The van der Waals surface area contributed by atoms with E-state index in [1.165, 1.54) is 27.2 Å². The number of hydrogen-bond donors (Lipinski definition) is 1. The van der Waals surface area contributed by atoms with Crippen molar-refractivity contribution in [2.75, 3.05) is 18.0 Å². The third kappa shape index (κ3) is 5.05. The van der Waals surface area contributed by atoms with Crippen molar-refractivity contribution in [1.29, 1.82) is 5.26 Å². The molecule has 1 fully saturated rings. The number of aryl methyl sites for hydroxylation is 2. The number of sulfonamides is 1. The summed E-state index contributed by atoms with van der Waals surface area (Å²) in [5, 5.41) is 26.8. The van der Waals surface area contributed by atoms with Gasteiger partial charge in [0.05, 0.1) is 12.0 Å². The first-order valence-corrected chi connectivity index (χ1v) is 15.5. The van der Waals surface area contributed by atoms with Crippen molar-refractivity contribution in [3.05, 3.63) is 81.9 Å². The molecule has 44 heavy (non-hydrogen) atoms. The Morgan fingerprint density at radius 2 is 2.00 bits per heavy atom. The van der Waals surface area contributed by atoms with Crippen LogP contribution in [0.3, 0.4) is 0 Å². The molecule has 4 aromatic rings. The molecule has 14 heteroatoms. The van der Waals surface area contributed by atoms with Crippen molar-refractivity contribution in [3.8, 4) is 6.07 Å². The summed E-state index contributed by atoms with van der Waals surface area (Å²) >= 11 is 0. The summed E-state index contributed by atoms with van der Waals surface area (Å²) in [6.07, 6.45) is 1.38. The first-order chi connectivity index (χ1) is 21.0. The first-order valence-electron chi connectivity index (χ1n) is 14.1. The molecule has 0 bridgehead atoms. The van der Waals surface area contributed by atoms with Gasteiger partial charge in [0.2, 0.25) is 15.8 Å². The van der Waals surface area contributed by atoms with Gasteiger partial charge in [-0.3, -0.25) is 9.20 Å². The number of fused-ring (bicyclic) bond motifs is 4. The van der Waals surface area contributed by atoms with Gasteiger partial charge in [-0.1, -0.05) is 18.2 Å². The number of aliphatic carboxylic acids is 1. The molecule has 0 amide bonds. The molecule has 3 aromatic heterocycles. The molecule has 2 aliphatic heterocycles. The lowest BCUT2D eigenvalue weighted by Gasteiger charge is -2.26. The minimum Gasteiger partial charge on any atom is -0.481 e. The van der Waals surface area contributed by atoms with Gasteiger partial charge in [-0.15, -0.1) is 10.2 Å². The molecular weight excluding hydrogens is 592 g/mol. The summed E-state index contributed by atoms with van der Waals surface area (Å²) in [4.78, 5) is 18.4. The van der Waals surface area contributed by atoms with Crippen LogP contribution in [0.5, 0.6) is 0 Å². The Hall–Kier alpha value is -4.48. The van der Waals surface area contributed by atoms with E-state index in [0.717, 1.165) is 18.4 Å². The SMILES string of the molecule is Cc1ccc([C@@H](CC(=O)O)c2ccn3c(C(F)F)nnc3c2C)cc1CN1C[C@H]2CCCN2c2ncc(C#N)cc2S1(=O)=O. The molecule has 1 aromatic carbocycles. The van der Waals surface area contributed by atoms with Crippen LogP contribution in [0.4, 0.5) is 14.6 Å². The zero-order chi connectivity index (χ0) is 31.3. The predicted octanol–water partition coefficient (Wildman–Crippen LogP) is 4.33. The highest BCUT2D eigenvalue weighted by atomic mass is 32.2. The van der Waals surface area contributed by atoms with Gasteiger partial charge in [-0.25, -0.2) is 22.2 Å². The number of carboxylic acid groups (broad SMARTS) is 1. The lowest BCUT2D eigenvalue weighted by atomic mass is 9.85. The number of benzene rings is 1. The maximum atomic E-state index is 14.0. The Balaban J connectivity index is 1.41. The number of anilines is 1. The van der Waals surface area contributed by atoms with E-state index in [0.29, 0.717) is 34.6 Å². The molecule has 2 atom stereocenters. The fraction of sp³-hybridized carbons (Fsp3) is 0.367. The van der Waals surface area contributed by atoms with E-state index < -0.39 is 34.2 Å². The minimum absolute atomic E-state index is 0.00101. The van der Waals surface area contributed by atoms with Crippen LogP contribution in [0.15, 0.2) is 47.6 Å². The van der Waals surface area contributed by atoms with Gasteiger partial charge < -0.3 is 10.0 Å². The molecule has 0 saturated carbocycles. The summed E-state index contributed by atoms with van der Waals surface area (Å²) < 4.78 is 57.6. The average molecular weight is 622 g/mol. The Kier molecular flexibility index (Phi) is 7.54. The molecule has 1 saturated heterocycles. The van der Waals surface area contributed by atoms with Crippen LogP contribution in [0, 0.1) is 25.2 Å². The quantitative estimate of drug-likeness (QED) is 0.319. The number of nitrogens with zero attached hydrogens (tertiary/aromatic N) is 7. The van der Waals surface area contributed by atoms with E-state index >= 15 is 0 Å². The van der Waals surface area contributed by atoms with Crippen LogP contribution >= 0.6 is 0 Å². The third-order valence-corrected chi connectivity index (χ3v) is 10.4. The molecule has 11 nitrogen and oxygen atoms in total. The molecule has 6 rings (SSSR count). The number of pyridine rings is 2. The number of rotatable bonds is 7.